The van der Waals surface area contributed by atoms with Gasteiger partial charge < -0.3 is 4.90 Å². The number of nitrogens with zero attached hydrogens (tertiary/aromatic N) is 1. The van der Waals surface area contributed by atoms with Crippen molar-refractivity contribution in [2.45, 2.75) is 13.0 Å². The lowest BCUT2D eigenvalue weighted by Crippen LogP contribution is -2.29. The van der Waals surface area contributed by atoms with Gasteiger partial charge in [0.15, 0.2) is 11.6 Å². The summed E-state index contributed by atoms with van der Waals surface area (Å²) in [6, 6.07) is 6.89. The SMILES string of the molecule is CC(c1ccc(F)c(F)c1)N(C)C(=O)c1cccs1. The Kier molecular flexibility index (Phi) is 3.95. The zero-order valence-electron chi connectivity index (χ0n) is 10.6. The van der Waals surface area contributed by atoms with E-state index in [2.05, 4.69) is 0 Å². The van der Waals surface area contributed by atoms with Crippen molar-refractivity contribution in [2.24, 2.45) is 0 Å². The van der Waals surface area contributed by atoms with Crippen molar-refractivity contribution in [2.75, 3.05) is 7.05 Å². The van der Waals surface area contributed by atoms with E-state index in [4.69, 9.17) is 0 Å². The third-order valence-electron chi connectivity index (χ3n) is 3.06. The molecule has 1 aromatic carbocycles. The number of thiophene rings is 1. The lowest BCUT2D eigenvalue weighted by atomic mass is 10.1. The molecular weight excluding hydrogens is 268 g/mol. The largest absolute Gasteiger partial charge is 0.334 e. The van der Waals surface area contributed by atoms with E-state index in [1.807, 2.05) is 5.38 Å². The predicted octanol–water partition coefficient (Wildman–Crippen LogP) is 3.86. The number of rotatable bonds is 3. The zero-order chi connectivity index (χ0) is 14.0. The maximum absolute atomic E-state index is 13.2. The molecule has 0 spiro atoms. The van der Waals surface area contributed by atoms with Crippen LogP contribution < -0.4 is 0 Å². The van der Waals surface area contributed by atoms with Gasteiger partial charge in [-0.2, -0.15) is 0 Å². The maximum Gasteiger partial charge on any atom is 0.264 e. The Morgan fingerprint density at radius 1 is 1.26 bits per heavy atom. The molecule has 0 saturated heterocycles. The third-order valence-corrected chi connectivity index (χ3v) is 3.92. The first-order chi connectivity index (χ1) is 9.00. The van der Waals surface area contributed by atoms with Gasteiger partial charge in [0.05, 0.1) is 10.9 Å². The summed E-state index contributed by atoms with van der Waals surface area (Å²) in [4.78, 5) is 14.3. The third kappa shape index (κ3) is 2.81. The van der Waals surface area contributed by atoms with Crippen LogP contribution in [0.15, 0.2) is 35.7 Å². The molecule has 1 atom stereocenters. The van der Waals surface area contributed by atoms with Crippen molar-refractivity contribution in [3.63, 3.8) is 0 Å². The smallest absolute Gasteiger partial charge is 0.264 e. The first-order valence-electron chi connectivity index (χ1n) is 5.76. The number of benzene rings is 1. The number of halogens is 2. The van der Waals surface area contributed by atoms with Crippen LogP contribution in [-0.4, -0.2) is 17.9 Å². The van der Waals surface area contributed by atoms with Crippen molar-refractivity contribution in [1.82, 2.24) is 4.90 Å². The van der Waals surface area contributed by atoms with Crippen LogP contribution in [0.3, 0.4) is 0 Å². The summed E-state index contributed by atoms with van der Waals surface area (Å²) in [5.74, 6) is -1.92. The van der Waals surface area contributed by atoms with Gasteiger partial charge in [-0.25, -0.2) is 8.78 Å². The molecule has 0 radical (unpaired) electrons. The van der Waals surface area contributed by atoms with E-state index in [0.29, 0.717) is 10.4 Å². The Balaban J connectivity index is 2.21. The van der Waals surface area contributed by atoms with Gasteiger partial charge in [0.25, 0.3) is 5.91 Å². The fraction of sp³-hybridized carbons (Fsp3) is 0.214. The van der Waals surface area contributed by atoms with Crippen LogP contribution in [0.25, 0.3) is 0 Å². The highest BCUT2D eigenvalue weighted by Crippen LogP contribution is 2.23. The van der Waals surface area contributed by atoms with Crippen LogP contribution in [0.5, 0.6) is 0 Å². The lowest BCUT2D eigenvalue weighted by molar-refractivity contribution is 0.0747. The summed E-state index contributed by atoms with van der Waals surface area (Å²) in [7, 11) is 1.65. The predicted molar refractivity (Wildman–Crippen MR) is 71.2 cm³/mol. The molecule has 1 aromatic heterocycles. The van der Waals surface area contributed by atoms with Crippen LogP contribution in [0.2, 0.25) is 0 Å². The normalized spacial score (nSPS) is 12.2. The van der Waals surface area contributed by atoms with Crippen molar-refractivity contribution in [3.8, 4) is 0 Å². The highest BCUT2D eigenvalue weighted by atomic mass is 32.1. The Morgan fingerprint density at radius 2 is 2.00 bits per heavy atom. The minimum atomic E-state index is -0.902. The van der Waals surface area contributed by atoms with E-state index in [0.717, 1.165) is 12.1 Å². The Labute approximate surface area is 114 Å². The molecule has 19 heavy (non-hydrogen) atoms. The number of carbonyl (C=O) groups is 1. The monoisotopic (exact) mass is 281 g/mol. The summed E-state index contributed by atoms with van der Waals surface area (Å²) >= 11 is 1.35. The van der Waals surface area contributed by atoms with Crippen molar-refractivity contribution >= 4 is 17.2 Å². The standard InChI is InChI=1S/C14H13F2NOS/c1-9(10-5-6-11(15)12(16)8-10)17(2)14(18)13-4-3-7-19-13/h3-9H,1-2H3. The second kappa shape index (κ2) is 5.48. The van der Waals surface area contributed by atoms with Crippen LogP contribution >= 0.6 is 11.3 Å². The highest BCUT2D eigenvalue weighted by Gasteiger charge is 2.20. The minimum Gasteiger partial charge on any atom is -0.334 e. The second-order valence-corrected chi connectivity index (χ2v) is 5.19. The molecular formula is C14H13F2NOS. The molecule has 0 aliphatic carbocycles. The molecule has 0 aliphatic rings. The highest BCUT2D eigenvalue weighted by molar-refractivity contribution is 7.12. The van der Waals surface area contributed by atoms with Gasteiger partial charge in [0.1, 0.15) is 0 Å². The fourth-order valence-electron chi connectivity index (χ4n) is 1.75. The van der Waals surface area contributed by atoms with Gasteiger partial charge in [0, 0.05) is 7.05 Å². The molecule has 0 aliphatic heterocycles. The molecule has 2 aromatic rings. The molecule has 100 valence electrons. The number of amides is 1. The first-order valence-corrected chi connectivity index (χ1v) is 6.64. The second-order valence-electron chi connectivity index (χ2n) is 4.24. The fourth-order valence-corrected chi connectivity index (χ4v) is 2.45. The molecule has 1 heterocycles. The van der Waals surface area contributed by atoms with E-state index >= 15 is 0 Å². The first kappa shape index (κ1) is 13.7. The van der Waals surface area contributed by atoms with Crippen molar-refractivity contribution in [3.05, 3.63) is 57.8 Å². The number of carbonyl (C=O) groups excluding carboxylic acids is 1. The van der Waals surface area contributed by atoms with E-state index in [1.165, 1.54) is 22.3 Å². The average Bonchev–Trinajstić information content (AvgIpc) is 2.93. The molecule has 1 unspecified atom stereocenters. The summed E-state index contributed by atoms with van der Waals surface area (Å²) < 4.78 is 26.1. The molecule has 0 N–H and O–H groups in total. The minimum absolute atomic E-state index is 0.132. The lowest BCUT2D eigenvalue weighted by Gasteiger charge is -2.25. The van der Waals surface area contributed by atoms with Crippen molar-refractivity contribution in [1.29, 1.82) is 0 Å². The summed E-state index contributed by atoms with van der Waals surface area (Å²) in [6.07, 6.45) is 0. The van der Waals surface area contributed by atoms with Gasteiger partial charge in [0.2, 0.25) is 0 Å². The van der Waals surface area contributed by atoms with Gasteiger partial charge in [-0.05, 0) is 36.1 Å². The molecule has 1 amide bonds. The Hall–Kier alpha value is -1.75. The van der Waals surface area contributed by atoms with E-state index < -0.39 is 11.6 Å². The van der Waals surface area contributed by atoms with Crippen LogP contribution in [0.1, 0.15) is 28.2 Å². The van der Waals surface area contributed by atoms with Gasteiger partial charge in [-0.15, -0.1) is 11.3 Å². The van der Waals surface area contributed by atoms with Gasteiger partial charge in [-0.3, -0.25) is 4.79 Å². The zero-order valence-corrected chi connectivity index (χ0v) is 11.4. The molecule has 2 nitrogen and oxygen atoms in total. The Bertz CT molecular complexity index is 583. The van der Waals surface area contributed by atoms with Crippen LogP contribution in [-0.2, 0) is 0 Å². The molecule has 0 fully saturated rings. The van der Waals surface area contributed by atoms with Crippen LogP contribution in [0, 0.1) is 11.6 Å². The van der Waals surface area contributed by atoms with E-state index in [1.54, 1.807) is 26.1 Å². The Morgan fingerprint density at radius 3 is 2.58 bits per heavy atom. The van der Waals surface area contributed by atoms with Gasteiger partial charge in [-0.1, -0.05) is 12.1 Å². The van der Waals surface area contributed by atoms with Crippen LogP contribution in [0.4, 0.5) is 8.78 Å². The molecule has 2 rings (SSSR count). The van der Waals surface area contributed by atoms with E-state index in [9.17, 15) is 13.6 Å². The molecule has 5 heteroatoms. The summed E-state index contributed by atoms with van der Waals surface area (Å²) in [6.45, 7) is 1.78. The summed E-state index contributed by atoms with van der Waals surface area (Å²) in [5.41, 5.74) is 0.561. The van der Waals surface area contributed by atoms with Gasteiger partial charge >= 0.3 is 0 Å². The molecule has 0 saturated carbocycles. The average molecular weight is 281 g/mol. The van der Waals surface area contributed by atoms with Crippen molar-refractivity contribution < 1.29 is 13.6 Å². The maximum atomic E-state index is 13.2. The number of hydrogen-bond donors (Lipinski definition) is 0. The number of hydrogen-bond acceptors (Lipinski definition) is 2. The van der Waals surface area contributed by atoms with E-state index in [-0.39, 0.29) is 11.9 Å². The quantitative estimate of drug-likeness (QED) is 0.836. The molecule has 0 bridgehead atoms. The summed E-state index contributed by atoms with van der Waals surface area (Å²) in [5, 5.41) is 1.82. The topological polar surface area (TPSA) is 20.3 Å².